The zero-order valence-electron chi connectivity index (χ0n) is 12.4. The van der Waals surface area contributed by atoms with Gasteiger partial charge in [0.2, 0.25) is 0 Å². The minimum absolute atomic E-state index is 0.218. The molecule has 0 spiro atoms. The number of imide groups is 1. The Morgan fingerprint density at radius 1 is 1.27 bits per heavy atom. The van der Waals surface area contributed by atoms with Crippen molar-refractivity contribution in [3.8, 4) is 0 Å². The van der Waals surface area contributed by atoms with Gasteiger partial charge in [-0.15, -0.1) is 0 Å². The number of esters is 1. The Morgan fingerprint density at radius 3 is 2.59 bits per heavy atom. The first-order valence-electron chi connectivity index (χ1n) is 6.98. The number of hydrogen-bond acceptors (Lipinski definition) is 5. The fourth-order valence-corrected chi connectivity index (χ4v) is 2.26. The Labute approximate surface area is 128 Å². The Bertz CT molecular complexity index is 596. The Morgan fingerprint density at radius 2 is 1.95 bits per heavy atom. The quantitative estimate of drug-likeness (QED) is 0.630. The predicted octanol–water partition coefficient (Wildman–Crippen LogP) is 2.21. The van der Waals surface area contributed by atoms with Gasteiger partial charge in [0.1, 0.15) is 6.10 Å². The average Bonchev–Trinajstić information content (AvgIpc) is 2.81. The van der Waals surface area contributed by atoms with Crippen molar-refractivity contribution >= 4 is 18.0 Å². The van der Waals surface area contributed by atoms with Crippen LogP contribution in [0.1, 0.15) is 25.5 Å². The van der Waals surface area contributed by atoms with Crippen LogP contribution in [0.15, 0.2) is 42.5 Å². The normalized spacial score (nSPS) is 21.0. The number of hydrogen-bond donors (Lipinski definition) is 0. The number of benzene rings is 1. The fraction of sp³-hybridized carbons (Fsp3) is 0.312. The minimum Gasteiger partial charge on any atom is -0.463 e. The van der Waals surface area contributed by atoms with Crippen molar-refractivity contribution in [2.45, 2.75) is 26.0 Å². The van der Waals surface area contributed by atoms with Crippen LogP contribution in [0.4, 0.5) is 4.79 Å². The van der Waals surface area contributed by atoms with E-state index in [0.29, 0.717) is 0 Å². The molecule has 1 aromatic carbocycles. The van der Waals surface area contributed by atoms with Gasteiger partial charge in [-0.2, -0.15) is 0 Å². The smallest absolute Gasteiger partial charge is 0.417 e. The Hall–Kier alpha value is -2.63. The van der Waals surface area contributed by atoms with Gasteiger partial charge in [-0.1, -0.05) is 30.3 Å². The number of rotatable bonds is 4. The lowest BCUT2D eigenvalue weighted by molar-refractivity contribution is -0.137. The molecule has 0 bridgehead atoms. The van der Waals surface area contributed by atoms with E-state index in [1.54, 1.807) is 13.8 Å². The molecule has 1 aliphatic rings. The zero-order chi connectivity index (χ0) is 16.1. The number of cyclic esters (lactones) is 1. The highest BCUT2D eigenvalue weighted by Gasteiger charge is 2.42. The van der Waals surface area contributed by atoms with Gasteiger partial charge in [0, 0.05) is 12.2 Å². The molecule has 6 heteroatoms. The maximum Gasteiger partial charge on any atom is 0.417 e. The molecule has 0 saturated carbocycles. The molecular weight excluding hydrogens is 286 g/mol. The van der Waals surface area contributed by atoms with Crippen molar-refractivity contribution in [2.24, 2.45) is 0 Å². The minimum atomic E-state index is -0.722. The van der Waals surface area contributed by atoms with E-state index < -0.39 is 30.1 Å². The van der Waals surface area contributed by atoms with Crippen LogP contribution in [0, 0.1) is 0 Å². The van der Waals surface area contributed by atoms with Gasteiger partial charge in [-0.25, -0.2) is 14.5 Å². The van der Waals surface area contributed by atoms with Crippen LogP contribution in [0.5, 0.6) is 0 Å². The topological polar surface area (TPSA) is 72.9 Å². The van der Waals surface area contributed by atoms with Crippen molar-refractivity contribution in [1.29, 1.82) is 0 Å². The molecule has 1 fully saturated rings. The van der Waals surface area contributed by atoms with Crippen LogP contribution in [-0.4, -0.2) is 35.5 Å². The molecule has 22 heavy (non-hydrogen) atoms. The van der Waals surface area contributed by atoms with Gasteiger partial charge in [-0.3, -0.25) is 4.79 Å². The van der Waals surface area contributed by atoms with E-state index in [2.05, 4.69) is 4.74 Å². The summed E-state index contributed by atoms with van der Waals surface area (Å²) in [6, 6.07) is 8.72. The van der Waals surface area contributed by atoms with E-state index in [9.17, 15) is 14.4 Å². The standard InChI is InChI=1S/C16H17NO5/c1-3-21-14(19)10-9-13(18)17-11(2)15(22-16(17)20)12-7-5-4-6-8-12/h4-11,15H,3H2,1-2H3/b10-9+/t11-,15-/m0/s1. The first kappa shape index (κ1) is 15.8. The molecule has 1 heterocycles. The summed E-state index contributed by atoms with van der Waals surface area (Å²) in [5, 5.41) is 0. The summed E-state index contributed by atoms with van der Waals surface area (Å²) >= 11 is 0. The summed E-state index contributed by atoms with van der Waals surface area (Å²) in [6.07, 6.45) is 0.777. The maximum absolute atomic E-state index is 12.1. The molecule has 0 N–H and O–H groups in total. The van der Waals surface area contributed by atoms with E-state index >= 15 is 0 Å². The summed E-state index contributed by atoms with van der Waals surface area (Å²) in [7, 11) is 0. The number of carbonyl (C=O) groups is 3. The third-order valence-corrected chi connectivity index (χ3v) is 3.28. The van der Waals surface area contributed by atoms with Crippen LogP contribution < -0.4 is 0 Å². The van der Waals surface area contributed by atoms with Crippen LogP contribution in [-0.2, 0) is 19.1 Å². The van der Waals surface area contributed by atoms with Gasteiger partial charge in [0.05, 0.1) is 12.6 Å². The maximum atomic E-state index is 12.1. The van der Waals surface area contributed by atoms with Crippen molar-refractivity contribution in [3.05, 3.63) is 48.0 Å². The highest BCUT2D eigenvalue weighted by molar-refractivity contribution is 6.02. The highest BCUT2D eigenvalue weighted by atomic mass is 16.6. The molecule has 1 saturated heterocycles. The largest absolute Gasteiger partial charge is 0.463 e. The number of amides is 2. The van der Waals surface area contributed by atoms with E-state index in [1.165, 1.54) is 0 Å². The SMILES string of the molecule is CCOC(=O)/C=C/C(=O)N1C(=O)O[C@H](c2ccccc2)[C@@H]1C. The molecule has 2 atom stereocenters. The monoisotopic (exact) mass is 303 g/mol. The molecular formula is C16H17NO5. The van der Waals surface area contributed by atoms with E-state index in [0.717, 1.165) is 22.6 Å². The van der Waals surface area contributed by atoms with Gasteiger partial charge >= 0.3 is 12.1 Å². The molecule has 1 aromatic rings. The molecule has 2 amide bonds. The summed E-state index contributed by atoms with van der Waals surface area (Å²) in [5.74, 6) is -1.24. The van der Waals surface area contributed by atoms with Crippen molar-refractivity contribution in [2.75, 3.05) is 6.61 Å². The lowest BCUT2D eigenvalue weighted by Gasteiger charge is -2.17. The third-order valence-electron chi connectivity index (χ3n) is 3.28. The molecule has 0 radical (unpaired) electrons. The molecule has 0 unspecified atom stereocenters. The van der Waals surface area contributed by atoms with Crippen molar-refractivity contribution in [3.63, 3.8) is 0 Å². The average molecular weight is 303 g/mol. The van der Waals surface area contributed by atoms with Crippen molar-refractivity contribution in [1.82, 2.24) is 4.90 Å². The molecule has 2 rings (SSSR count). The van der Waals surface area contributed by atoms with Crippen LogP contribution in [0.2, 0.25) is 0 Å². The summed E-state index contributed by atoms with van der Waals surface area (Å²) < 4.78 is 9.95. The first-order valence-corrected chi connectivity index (χ1v) is 6.98. The summed E-state index contributed by atoms with van der Waals surface area (Å²) in [5.41, 5.74) is 0.813. The van der Waals surface area contributed by atoms with E-state index in [1.807, 2.05) is 30.3 Å². The molecule has 116 valence electrons. The van der Waals surface area contributed by atoms with Gasteiger partial charge in [-0.05, 0) is 19.4 Å². The number of carbonyl (C=O) groups excluding carboxylic acids is 3. The second-order valence-electron chi connectivity index (χ2n) is 4.75. The lowest BCUT2D eigenvalue weighted by atomic mass is 10.0. The summed E-state index contributed by atoms with van der Waals surface area (Å²) in [6.45, 7) is 3.60. The summed E-state index contributed by atoms with van der Waals surface area (Å²) in [4.78, 5) is 36.2. The highest BCUT2D eigenvalue weighted by Crippen LogP contribution is 2.32. The molecule has 1 aliphatic heterocycles. The Balaban J connectivity index is 2.10. The first-order chi connectivity index (χ1) is 10.5. The number of ether oxygens (including phenoxy) is 2. The second-order valence-corrected chi connectivity index (χ2v) is 4.75. The van der Waals surface area contributed by atoms with E-state index in [4.69, 9.17) is 4.74 Å². The predicted molar refractivity (Wildman–Crippen MR) is 77.7 cm³/mol. The molecule has 0 aliphatic carbocycles. The van der Waals surface area contributed by atoms with E-state index in [-0.39, 0.29) is 6.61 Å². The Kier molecular flexibility index (Phi) is 4.93. The lowest BCUT2D eigenvalue weighted by Crippen LogP contribution is -2.36. The third kappa shape index (κ3) is 3.33. The van der Waals surface area contributed by atoms with Crippen LogP contribution in [0.25, 0.3) is 0 Å². The van der Waals surface area contributed by atoms with Crippen molar-refractivity contribution < 1.29 is 23.9 Å². The van der Waals surface area contributed by atoms with Gasteiger partial charge in [0.15, 0.2) is 0 Å². The fourth-order valence-electron chi connectivity index (χ4n) is 2.26. The number of nitrogens with zero attached hydrogens (tertiary/aromatic N) is 1. The van der Waals surface area contributed by atoms with Crippen LogP contribution in [0.3, 0.4) is 0 Å². The van der Waals surface area contributed by atoms with Gasteiger partial charge in [0.25, 0.3) is 5.91 Å². The zero-order valence-corrected chi connectivity index (χ0v) is 12.4. The second kappa shape index (κ2) is 6.89. The van der Waals surface area contributed by atoms with Gasteiger partial charge < -0.3 is 9.47 Å². The molecule has 0 aromatic heterocycles. The van der Waals surface area contributed by atoms with Crippen LogP contribution >= 0.6 is 0 Å². The molecule has 6 nitrogen and oxygen atoms in total.